The zero-order chi connectivity index (χ0) is 22.2. The number of fused-ring (bicyclic) bond motifs is 1. The van der Waals surface area contributed by atoms with Crippen molar-refractivity contribution < 1.29 is 18.0 Å². The summed E-state index contributed by atoms with van der Waals surface area (Å²) < 4.78 is 39.4. The van der Waals surface area contributed by atoms with E-state index in [-0.39, 0.29) is 23.2 Å². The molecule has 2 aromatic rings. The van der Waals surface area contributed by atoms with Crippen LogP contribution in [-0.4, -0.2) is 51.5 Å². The Morgan fingerprint density at radius 2 is 1.84 bits per heavy atom. The Labute approximate surface area is 179 Å². The van der Waals surface area contributed by atoms with Crippen LogP contribution in [0.1, 0.15) is 51.5 Å². The summed E-state index contributed by atoms with van der Waals surface area (Å²) in [6.07, 6.45) is 1.47. The number of rotatable bonds is 5. The Morgan fingerprint density at radius 3 is 2.52 bits per heavy atom. The number of carbonyl (C=O) groups is 1. The molecule has 1 atom stereocenters. The van der Waals surface area contributed by atoms with E-state index in [1.165, 1.54) is 12.4 Å². The van der Waals surface area contributed by atoms with Crippen molar-refractivity contribution in [2.75, 3.05) is 11.9 Å². The largest absolute Gasteiger partial charge is 0.416 e. The van der Waals surface area contributed by atoms with Crippen LogP contribution in [-0.2, 0) is 11.0 Å². The molecule has 0 bridgehead atoms. The van der Waals surface area contributed by atoms with Gasteiger partial charge in [0.1, 0.15) is 18.2 Å². The minimum atomic E-state index is -4.45. The minimum Gasteiger partial charge on any atom is -0.358 e. The van der Waals surface area contributed by atoms with E-state index in [2.05, 4.69) is 34.4 Å². The van der Waals surface area contributed by atoms with Gasteiger partial charge in [0.2, 0.25) is 5.91 Å². The molecule has 1 amide bonds. The summed E-state index contributed by atoms with van der Waals surface area (Å²) in [5, 5.41) is 6.93. The number of nitrogens with one attached hydrogen (secondary N) is 2. The Morgan fingerprint density at radius 1 is 1.10 bits per heavy atom. The van der Waals surface area contributed by atoms with Gasteiger partial charge >= 0.3 is 6.18 Å². The highest BCUT2D eigenvalue weighted by atomic mass is 19.4. The average Bonchev–Trinajstić information content (AvgIpc) is 3.08. The first kappa shape index (κ1) is 21.8. The van der Waals surface area contributed by atoms with E-state index in [1.807, 2.05) is 4.90 Å². The van der Waals surface area contributed by atoms with Gasteiger partial charge < -0.3 is 15.5 Å². The van der Waals surface area contributed by atoms with E-state index in [0.29, 0.717) is 30.6 Å². The molecule has 1 aliphatic heterocycles. The van der Waals surface area contributed by atoms with Gasteiger partial charge in [-0.2, -0.15) is 13.2 Å². The van der Waals surface area contributed by atoms with Gasteiger partial charge in [-0.05, 0) is 50.3 Å². The lowest BCUT2D eigenvalue weighted by Gasteiger charge is -2.35. The first-order valence-corrected chi connectivity index (χ1v) is 10.9. The lowest BCUT2D eigenvalue weighted by molar-refractivity contribution is -0.137. The number of benzene rings is 1. The van der Waals surface area contributed by atoms with Gasteiger partial charge in [-0.25, -0.2) is 9.97 Å². The molecule has 0 radical (unpaired) electrons. The second kappa shape index (κ2) is 8.61. The van der Waals surface area contributed by atoms with Gasteiger partial charge in [0.25, 0.3) is 0 Å². The summed E-state index contributed by atoms with van der Waals surface area (Å²) in [6.45, 7) is 4.93. The summed E-state index contributed by atoms with van der Waals surface area (Å²) in [5.41, 5.74) is -0.354. The van der Waals surface area contributed by atoms with E-state index < -0.39 is 17.8 Å². The molecular weight excluding hydrogens is 407 g/mol. The standard InChI is InChI=1S/C22H28F3N5O/c1-13(2)28-15-4-6-16(7-5-15)30-10-9-19(21(30)31)29-20-17-11-14(22(23,24)25)3-8-18(17)26-12-27-20/h3,8,11-13,15-16,19,28H,4-7,9-10H2,1-2H3,(H,26,27,29). The van der Waals surface area contributed by atoms with Crippen molar-refractivity contribution >= 4 is 22.6 Å². The monoisotopic (exact) mass is 435 g/mol. The lowest BCUT2D eigenvalue weighted by atomic mass is 9.90. The van der Waals surface area contributed by atoms with E-state index >= 15 is 0 Å². The lowest BCUT2D eigenvalue weighted by Crippen LogP contribution is -2.46. The van der Waals surface area contributed by atoms with Crippen LogP contribution >= 0.6 is 0 Å². The molecule has 2 N–H and O–H groups in total. The van der Waals surface area contributed by atoms with Crippen LogP contribution in [0.3, 0.4) is 0 Å². The van der Waals surface area contributed by atoms with Crippen molar-refractivity contribution in [2.24, 2.45) is 0 Å². The topological polar surface area (TPSA) is 70.2 Å². The van der Waals surface area contributed by atoms with E-state index in [4.69, 9.17) is 0 Å². The Bertz CT molecular complexity index is 940. The third-order valence-corrected chi connectivity index (χ3v) is 6.22. The van der Waals surface area contributed by atoms with Crippen LogP contribution < -0.4 is 10.6 Å². The number of halogens is 3. The molecule has 168 valence electrons. The molecule has 4 rings (SSSR count). The molecule has 1 saturated carbocycles. The van der Waals surface area contributed by atoms with Crippen molar-refractivity contribution in [1.82, 2.24) is 20.2 Å². The Balaban J connectivity index is 1.45. The normalized spacial score (nSPS) is 24.9. The third kappa shape index (κ3) is 4.76. The molecule has 9 heteroatoms. The molecule has 2 heterocycles. The van der Waals surface area contributed by atoms with Crippen LogP contribution in [0.4, 0.5) is 19.0 Å². The number of amides is 1. The Kier molecular flexibility index (Phi) is 6.05. The van der Waals surface area contributed by atoms with E-state index in [0.717, 1.165) is 37.8 Å². The SMILES string of the molecule is CC(C)NC1CCC(N2CCC(Nc3ncnc4ccc(C(F)(F)F)cc34)C2=O)CC1. The predicted octanol–water partition coefficient (Wildman–Crippen LogP) is 3.97. The van der Waals surface area contributed by atoms with Gasteiger partial charge in [-0.1, -0.05) is 13.8 Å². The van der Waals surface area contributed by atoms with Crippen LogP contribution in [0.5, 0.6) is 0 Å². The van der Waals surface area contributed by atoms with Gasteiger partial charge in [-0.15, -0.1) is 0 Å². The smallest absolute Gasteiger partial charge is 0.358 e. The first-order chi connectivity index (χ1) is 14.7. The van der Waals surface area contributed by atoms with E-state index in [9.17, 15) is 18.0 Å². The molecule has 1 aromatic carbocycles. The number of carbonyl (C=O) groups excluding carboxylic acids is 1. The van der Waals surface area contributed by atoms with Crippen LogP contribution in [0.2, 0.25) is 0 Å². The molecule has 31 heavy (non-hydrogen) atoms. The second-order valence-electron chi connectivity index (χ2n) is 8.80. The summed E-state index contributed by atoms with van der Waals surface area (Å²) >= 11 is 0. The fraction of sp³-hybridized carbons (Fsp3) is 0.591. The van der Waals surface area contributed by atoms with Gasteiger partial charge in [0.05, 0.1) is 11.1 Å². The summed E-state index contributed by atoms with van der Waals surface area (Å²) in [4.78, 5) is 23.2. The number of alkyl halides is 3. The maximum Gasteiger partial charge on any atom is 0.416 e. The summed E-state index contributed by atoms with van der Waals surface area (Å²) in [7, 11) is 0. The fourth-order valence-electron chi connectivity index (χ4n) is 4.74. The van der Waals surface area contributed by atoms with Gasteiger partial charge in [-0.3, -0.25) is 4.79 Å². The fourth-order valence-corrected chi connectivity index (χ4v) is 4.74. The van der Waals surface area contributed by atoms with Crippen LogP contribution in [0.25, 0.3) is 10.9 Å². The number of aromatic nitrogens is 2. The molecule has 6 nitrogen and oxygen atoms in total. The highest BCUT2D eigenvalue weighted by Crippen LogP contribution is 2.33. The maximum atomic E-state index is 13.1. The van der Waals surface area contributed by atoms with Crippen molar-refractivity contribution in [2.45, 2.75) is 76.3 Å². The van der Waals surface area contributed by atoms with E-state index in [1.54, 1.807) is 0 Å². The zero-order valence-electron chi connectivity index (χ0n) is 17.7. The van der Waals surface area contributed by atoms with Crippen LogP contribution in [0, 0.1) is 0 Å². The highest BCUT2D eigenvalue weighted by Gasteiger charge is 2.38. The molecule has 1 saturated heterocycles. The molecule has 2 fully saturated rings. The average molecular weight is 435 g/mol. The van der Waals surface area contributed by atoms with Crippen molar-refractivity contribution in [3.8, 4) is 0 Å². The van der Waals surface area contributed by atoms with Crippen molar-refractivity contribution in [3.05, 3.63) is 30.1 Å². The molecule has 1 aliphatic carbocycles. The molecule has 1 unspecified atom stereocenters. The van der Waals surface area contributed by atoms with Gasteiger partial charge in [0.15, 0.2) is 0 Å². The summed E-state index contributed by atoms with van der Waals surface area (Å²) in [5.74, 6) is 0.264. The molecule has 0 spiro atoms. The maximum absolute atomic E-state index is 13.1. The number of likely N-dealkylation sites (tertiary alicyclic amines) is 1. The second-order valence-corrected chi connectivity index (χ2v) is 8.80. The number of anilines is 1. The molecule has 1 aromatic heterocycles. The number of hydrogen-bond acceptors (Lipinski definition) is 5. The minimum absolute atomic E-state index is 0.000919. The molecule has 2 aliphatic rings. The summed E-state index contributed by atoms with van der Waals surface area (Å²) in [6, 6.07) is 4.06. The quantitative estimate of drug-likeness (QED) is 0.744. The first-order valence-electron chi connectivity index (χ1n) is 10.9. The van der Waals surface area contributed by atoms with Crippen molar-refractivity contribution in [1.29, 1.82) is 0 Å². The Hall–Kier alpha value is -2.42. The number of hydrogen-bond donors (Lipinski definition) is 2. The highest BCUT2D eigenvalue weighted by molar-refractivity contribution is 5.93. The van der Waals surface area contributed by atoms with Gasteiger partial charge in [0, 0.05) is 30.1 Å². The predicted molar refractivity (Wildman–Crippen MR) is 113 cm³/mol. The van der Waals surface area contributed by atoms with Crippen molar-refractivity contribution in [3.63, 3.8) is 0 Å². The van der Waals surface area contributed by atoms with Crippen LogP contribution in [0.15, 0.2) is 24.5 Å². The molecular formula is C22H28F3N5O. The zero-order valence-corrected chi connectivity index (χ0v) is 17.7. The number of nitrogens with zero attached hydrogens (tertiary/aromatic N) is 3. The third-order valence-electron chi connectivity index (χ3n) is 6.22.